The molecule has 0 aromatic heterocycles. The number of hydrogen-bond donors (Lipinski definition) is 2. The van der Waals surface area contributed by atoms with Gasteiger partial charge in [0, 0.05) is 63.3 Å². The van der Waals surface area contributed by atoms with Crippen molar-refractivity contribution in [2.45, 2.75) is 64.2 Å². The molecule has 1 unspecified atom stereocenters. The molecular formula is C37H47FN4O4. The summed E-state index contributed by atoms with van der Waals surface area (Å²) in [5, 5.41) is 19.4. The Morgan fingerprint density at radius 3 is 2.39 bits per heavy atom. The molecule has 5 rings (SSSR count). The zero-order chi connectivity index (χ0) is 32.6. The van der Waals surface area contributed by atoms with Gasteiger partial charge in [0.2, 0.25) is 0 Å². The molecule has 3 atom stereocenters. The van der Waals surface area contributed by atoms with Crippen LogP contribution in [0, 0.1) is 5.82 Å². The van der Waals surface area contributed by atoms with Crippen molar-refractivity contribution in [2.24, 2.45) is 0 Å². The third-order valence-corrected chi connectivity index (χ3v) is 9.40. The first kappa shape index (κ1) is 33.6. The van der Waals surface area contributed by atoms with E-state index in [-0.39, 0.29) is 42.0 Å². The van der Waals surface area contributed by atoms with Crippen molar-refractivity contribution in [1.82, 2.24) is 19.6 Å². The Kier molecular flexibility index (Phi) is 11.4. The van der Waals surface area contributed by atoms with Crippen LogP contribution in [-0.2, 0) is 11.3 Å². The van der Waals surface area contributed by atoms with Crippen LogP contribution in [-0.4, -0.2) is 99.6 Å². The van der Waals surface area contributed by atoms with Crippen LogP contribution >= 0.6 is 0 Å². The van der Waals surface area contributed by atoms with Gasteiger partial charge in [0.25, 0.3) is 5.91 Å². The summed E-state index contributed by atoms with van der Waals surface area (Å²) in [6.45, 7) is 10.5. The number of amides is 1. The fourth-order valence-corrected chi connectivity index (χ4v) is 6.98. The molecule has 9 heteroatoms. The fourth-order valence-electron chi connectivity index (χ4n) is 6.98. The van der Waals surface area contributed by atoms with E-state index in [1.54, 1.807) is 18.2 Å². The molecule has 0 spiro atoms. The molecule has 2 fully saturated rings. The van der Waals surface area contributed by atoms with Crippen molar-refractivity contribution >= 4 is 11.9 Å². The maximum Gasteiger partial charge on any atom is 0.303 e. The molecule has 1 amide bonds. The van der Waals surface area contributed by atoms with Gasteiger partial charge in [-0.3, -0.25) is 19.4 Å². The zero-order valence-electron chi connectivity index (χ0n) is 27.0. The number of unbranched alkanes of at least 4 members (excludes halogenated alkanes) is 1. The normalized spacial score (nSPS) is 20.7. The number of nitrogens with zero attached hydrogens (tertiary/aromatic N) is 4. The number of hydrogen-bond acceptors (Lipinski definition) is 6. The van der Waals surface area contributed by atoms with E-state index in [9.17, 15) is 19.1 Å². The number of carbonyl (C=O) groups excluding carboxylic acids is 1. The Labute approximate surface area is 272 Å². The number of aromatic hydroxyl groups is 1. The Bertz CT molecular complexity index is 1480. The molecule has 2 aliphatic heterocycles. The van der Waals surface area contributed by atoms with Crippen molar-refractivity contribution in [3.8, 4) is 5.75 Å². The van der Waals surface area contributed by atoms with Crippen molar-refractivity contribution in [3.63, 3.8) is 0 Å². The van der Waals surface area contributed by atoms with Gasteiger partial charge in [-0.15, -0.1) is 0 Å². The lowest BCUT2D eigenvalue weighted by atomic mass is 9.92. The highest BCUT2D eigenvalue weighted by Gasteiger charge is 2.35. The van der Waals surface area contributed by atoms with Gasteiger partial charge in [0.05, 0.1) is 6.04 Å². The van der Waals surface area contributed by atoms with E-state index in [2.05, 4.69) is 34.6 Å². The van der Waals surface area contributed by atoms with E-state index < -0.39 is 5.97 Å². The molecule has 3 aromatic carbocycles. The molecule has 3 aromatic rings. The number of phenols is 1. The highest BCUT2D eigenvalue weighted by atomic mass is 19.1. The highest BCUT2D eigenvalue weighted by molar-refractivity contribution is 5.94. The van der Waals surface area contributed by atoms with Gasteiger partial charge < -0.3 is 20.0 Å². The summed E-state index contributed by atoms with van der Waals surface area (Å²) in [7, 11) is 0. The molecule has 0 aliphatic carbocycles. The molecule has 8 nitrogen and oxygen atoms in total. The number of phenolic OH excluding ortho intramolecular Hbond substituents is 1. The van der Waals surface area contributed by atoms with Gasteiger partial charge in [0.15, 0.2) is 0 Å². The molecule has 246 valence electrons. The Hall–Kier alpha value is -3.79. The number of carbonyl (C=O) groups is 2. The van der Waals surface area contributed by atoms with E-state index in [0.29, 0.717) is 31.6 Å². The lowest BCUT2D eigenvalue weighted by Crippen LogP contribution is -2.56. The molecule has 2 N–H and O–H groups in total. The summed E-state index contributed by atoms with van der Waals surface area (Å²) in [5.41, 5.74) is 3.58. The SMILES string of the molecule is C[C@@H]1CN(C(c2cccc(O)c2)c2cccc(C(=O)N3CCCN(CCCCC(=O)O)CC3)c2)[C@@H](C)CN1Cc1cccc(F)c1. The van der Waals surface area contributed by atoms with Crippen molar-refractivity contribution < 1.29 is 24.2 Å². The van der Waals surface area contributed by atoms with Crippen LogP contribution in [0.3, 0.4) is 0 Å². The fraction of sp³-hybridized carbons (Fsp3) is 0.459. The number of aliphatic carboxylic acids is 1. The lowest BCUT2D eigenvalue weighted by molar-refractivity contribution is -0.137. The molecule has 0 bridgehead atoms. The van der Waals surface area contributed by atoms with Gasteiger partial charge in [-0.1, -0.05) is 36.4 Å². The number of carboxylic acid groups (broad SMARTS) is 1. The summed E-state index contributed by atoms with van der Waals surface area (Å²) < 4.78 is 13.9. The summed E-state index contributed by atoms with van der Waals surface area (Å²) in [6.07, 6.45) is 2.59. The highest BCUT2D eigenvalue weighted by Crippen LogP contribution is 2.35. The topological polar surface area (TPSA) is 87.6 Å². The smallest absolute Gasteiger partial charge is 0.303 e. The number of halogens is 1. The second kappa shape index (κ2) is 15.7. The second-order valence-electron chi connectivity index (χ2n) is 12.9. The first-order chi connectivity index (χ1) is 22.2. The van der Waals surface area contributed by atoms with E-state index >= 15 is 0 Å². The predicted molar refractivity (Wildman–Crippen MR) is 177 cm³/mol. The molecule has 2 aliphatic rings. The van der Waals surface area contributed by atoms with Crippen LogP contribution in [0.25, 0.3) is 0 Å². The molecule has 0 saturated carbocycles. The average Bonchev–Trinajstić information content (AvgIpc) is 3.27. The Morgan fingerprint density at radius 1 is 0.870 bits per heavy atom. The Balaban J connectivity index is 1.32. The van der Waals surface area contributed by atoms with Crippen LogP contribution in [0.15, 0.2) is 72.8 Å². The average molecular weight is 631 g/mol. The van der Waals surface area contributed by atoms with Crippen LogP contribution in [0.2, 0.25) is 0 Å². The Morgan fingerprint density at radius 2 is 1.63 bits per heavy atom. The quantitative estimate of drug-likeness (QED) is 0.266. The predicted octanol–water partition coefficient (Wildman–Crippen LogP) is 5.62. The van der Waals surface area contributed by atoms with Crippen LogP contribution < -0.4 is 0 Å². The van der Waals surface area contributed by atoms with Gasteiger partial charge in [-0.25, -0.2) is 4.39 Å². The second-order valence-corrected chi connectivity index (χ2v) is 12.9. The number of carboxylic acids is 1. The van der Waals surface area contributed by atoms with Gasteiger partial charge in [0.1, 0.15) is 11.6 Å². The summed E-state index contributed by atoms with van der Waals surface area (Å²) in [5.74, 6) is -0.753. The monoisotopic (exact) mass is 630 g/mol. The van der Waals surface area contributed by atoms with E-state index in [4.69, 9.17) is 5.11 Å². The number of piperazine rings is 1. The van der Waals surface area contributed by atoms with Crippen molar-refractivity contribution in [2.75, 3.05) is 45.8 Å². The van der Waals surface area contributed by atoms with Crippen molar-refractivity contribution in [1.29, 1.82) is 0 Å². The molecular weight excluding hydrogens is 583 g/mol. The first-order valence-corrected chi connectivity index (χ1v) is 16.5. The van der Waals surface area contributed by atoms with E-state index in [1.807, 2.05) is 47.4 Å². The number of rotatable bonds is 11. The van der Waals surface area contributed by atoms with Crippen molar-refractivity contribution in [3.05, 3.63) is 101 Å². The third-order valence-electron chi connectivity index (χ3n) is 9.40. The zero-order valence-corrected chi connectivity index (χ0v) is 27.0. The summed E-state index contributed by atoms with van der Waals surface area (Å²) in [6, 6.07) is 22.3. The van der Waals surface area contributed by atoms with E-state index in [1.165, 1.54) is 6.07 Å². The van der Waals surface area contributed by atoms with E-state index in [0.717, 1.165) is 62.3 Å². The lowest BCUT2D eigenvalue weighted by Gasteiger charge is -2.47. The van der Waals surface area contributed by atoms with Crippen LogP contribution in [0.1, 0.15) is 72.6 Å². The molecule has 0 radical (unpaired) electrons. The van der Waals surface area contributed by atoms with Crippen LogP contribution in [0.5, 0.6) is 5.75 Å². The minimum Gasteiger partial charge on any atom is -0.508 e. The minimum atomic E-state index is -0.756. The standard InChI is InChI=1S/C37H47FN4O4/c1-27-25-42(28(2)24-41(27)26-29-9-5-13-33(38)21-29)36(31-11-7-14-34(43)23-31)30-10-6-12-32(22-30)37(46)40-18-8-17-39(19-20-40)16-4-3-15-35(44)45/h5-7,9-14,21-23,27-28,36,43H,3-4,8,15-20,24-26H2,1-2H3,(H,44,45)/t27-,28+,36?/m1/s1. The third kappa shape index (κ3) is 8.72. The van der Waals surface area contributed by atoms with Gasteiger partial charge in [-0.2, -0.15) is 0 Å². The molecule has 2 heterocycles. The first-order valence-electron chi connectivity index (χ1n) is 16.5. The maximum atomic E-state index is 13.9. The summed E-state index contributed by atoms with van der Waals surface area (Å²) in [4.78, 5) is 33.8. The van der Waals surface area contributed by atoms with Crippen LogP contribution in [0.4, 0.5) is 4.39 Å². The van der Waals surface area contributed by atoms with Gasteiger partial charge in [-0.05, 0) is 99.3 Å². The number of benzene rings is 3. The summed E-state index contributed by atoms with van der Waals surface area (Å²) >= 11 is 0. The maximum absolute atomic E-state index is 13.9. The minimum absolute atomic E-state index is 0.0190. The molecule has 46 heavy (non-hydrogen) atoms. The van der Waals surface area contributed by atoms with Gasteiger partial charge >= 0.3 is 5.97 Å². The largest absolute Gasteiger partial charge is 0.508 e. The molecule has 2 saturated heterocycles.